The Kier molecular flexibility index (Phi) is 7.48. The number of nitrogens with two attached hydrogens (primary N) is 1. The number of piperidine rings is 1. The zero-order chi connectivity index (χ0) is 24.8. The van der Waals surface area contributed by atoms with E-state index in [0.29, 0.717) is 22.4 Å². The van der Waals surface area contributed by atoms with E-state index in [-0.39, 0.29) is 6.04 Å². The third-order valence-corrected chi connectivity index (χ3v) is 6.19. The van der Waals surface area contributed by atoms with Gasteiger partial charge in [-0.2, -0.15) is 10.2 Å². The van der Waals surface area contributed by atoms with Crippen LogP contribution in [-0.2, 0) is 0 Å². The van der Waals surface area contributed by atoms with E-state index >= 15 is 0 Å². The van der Waals surface area contributed by atoms with Crippen molar-refractivity contribution < 1.29 is 4.79 Å². The van der Waals surface area contributed by atoms with E-state index in [9.17, 15) is 4.79 Å². The largest absolute Gasteiger partial charge is 0.371 e. The number of halogens is 1. The molecule has 4 rings (SSSR count). The SMILES string of the molecule is Cc1cc(C=CC#N)cc(Cl)c1Nc1ccnc(NC2CCN(c3cccc(C(N)=O)c3)CC2)n1. The number of aromatic nitrogens is 2. The first kappa shape index (κ1) is 24.0. The molecule has 0 saturated carbocycles. The third-order valence-electron chi connectivity index (χ3n) is 5.89. The van der Waals surface area contributed by atoms with Gasteiger partial charge in [0.2, 0.25) is 11.9 Å². The standard InChI is InChI=1S/C26H26ClN7O/c1-17-14-18(4-3-10-28)15-22(27)24(17)32-23-7-11-30-26(33-23)31-20-8-12-34(13-9-20)21-6-2-5-19(16-21)25(29)35/h2-7,11,14-16,20H,8-9,12-13H2,1H3,(H2,29,35)(H2,30,31,32,33). The molecule has 1 aromatic heterocycles. The number of nitrogens with one attached hydrogen (secondary N) is 2. The van der Waals surface area contributed by atoms with Crippen LogP contribution < -0.4 is 21.3 Å². The first-order valence-corrected chi connectivity index (χ1v) is 11.7. The summed E-state index contributed by atoms with van der Waals surface area (Å²) in [6, 6.07) is 15.2. The maximum absolute atomic E-state index is 11.5. The van der Waals surface area contributed by atoms with Crippen LogP contribution in [-0.4, -0.2) is 35.0 Å². The van der Waals surface area contributed by atoms with Gasteiger partial charge in [0.15, 0.2) is 0 Å². The highest BCUT2D eigenvalue weighted by atomic mass is 35.5. The monoisotopic (exact) mass is 487 g/mol. The minimum absolute atomic E-state index is 0.234. The highest BCUT2D eigenvalue weighted by molar-refractivity contribution is 6.33. The number of allylic oxidation sites excluding steroid dienone is 1. The lowest BCUT2D eigenvalue weighted by Gasteiger charge is -2.34. The fourth-order valence-electron chi connectivity index (χ4n) is 4.11. The van der Waals surface area contributed by atoms with Gasteiger partial charge in [-0.1, -0.05) is 17.7 Å². The number of anilines is 4. The van der Waals surface area contributed by atoms with Crippen LogP contribution in [0.25, 0.3) is 6.08 Å². The fourth-order valence-corrected chi connectivity index (χ4v) is 4.43. The number of rotatable bonds is 7. The molecule has 0 spiro atoms. The lowest BCUT2D eigenvalue weighted by molar-refractivity contribution is 0.100. The molecule has 2 heterocycles. The Balaban J connectivity index is 1.38. The summed E-state index contributed by atoms with van der Waals surface area (Å²) in [4.78, 5) is 22.7. The molecule has 178 valence electrons. The van der Waals surface area contributed by atoms with Crippen molar-refractivity contribution in [2.75, 3.05) is 28.6 Å². The third kappa shape index (κ3) is 6.08. The summed E-state index contributed by atoms with van der Waals surface area (Å²) in [5, 5.41) is 16.0. The summed E-state index contributed by atoms with van der Waals surface area (Å²) in [6.07, 6.45) is 6.66. The number of nitrogens with zero attached hydrogens (tertiary/aromatic N) is 4. The number of amides is 1. The van der Waals surface area contributed by atoms with Gasteiger partial charge in [-0.05, 0) is 73.4 Å². The zero-order valence-electron chi connectivity index (χ0n) is 19.3. The van der Waals surface area contributed by atoms with E-state index in [2.05, 4.69) is 25.5 Å². The number of benzene rings is 2. The summed E-state index contributed by atoms with van der Waals surface area (Å²) in [7, 11) is 0. The first-order chi connectivity index (χ1) is 16.9. The Morgan fingerprint density at radius 2 is 2.06 bits per heavy atom. The maximum Gasteiger partial charge on any atom is 0.248 e. The molecule has 0 unspecified atom stereocenters. The number of carbonyl (C=O) groups excluding carboxylic acids is 1. The van der Waals surface area contributed by atoms with Crippen molar-refractivity contribution in [1.82, 2.24) is 9.97 Å². The van der Waals surface area contributed by atoms with E-state index in [1.807, 2.05) is 37.3 Å². The van der Waals surface area contributed by atoms with Gasteiger partial charge < -0.3 is 21.3 Å². The predicted molar refractivity (Wildman–Crippen MR) is 140 cm³/mol. The van der Waals surface area contributed by atoms with Crippen molar-refractivity contribution in [2.45, 2.75) is 25.8 Å². The number of primary amides is 1. The first-order valence-electron chi connectivity index (χ1n) is 11.3. The second-order valence-electron chi connectivity index (χ2n) is 8.37. The average Bonchev–Trinajstić information content (AvgIpc) is 2.86. The van der Waals surface area contributed by atoms with Gasteiger partial charge >= 0.3 is 0 Å². The molecule has 3 aromatic rings. The topological polar surface area (TPSA) is 120 Å². The smallest absolute Gasteiger partial charge is 0.248 e. The van der Waals surface area contributed by atoms with Crippen molar-refractivity contribution in [3.05, 3.63) is 76.5 Å². The van der Waals surface area contributed by atoms with Crippen LogP contribution in [0.3, 0.4) is 0 Å². The van der Waals surface area contributed by atoms with Gasteiger partial charge in [0.05, 0.1) is 16.8 Å². The number of aryl methyl sites for hydroxylation is 1. The summed E-state index contributed by atoms with van der Waals surface area (Å²) in [5.74, 6) is 0.761. The number of nitriles is 1. The highest BCUT2D eigenvalue weighted by Gasteiger charge is 2.21. The maximum atomic E-state index is 11.5. The minimum atomic E-state index is -0.419. The molecule has 35 heavy (non-hydrogen) atoms. The van der Waals surface area contributed by atoms with E-state index < -0.39 is 5.91 Å². The molecule has 0 aliphatic carbocycles. The fraction of sp³-hybridized carbons (Fsp3) is 0.231. The quantitative estimate of drug-likeness (QED) is 0.405. The molecule has 1 saturated heterocycles. The van der Waals surface area contributed by atoms with E-state index in [1.165, 1.54) is 6.08 Å². The van der Waals surface area contributed by atoms with Crippen LogP contribution in [0.15, 0.2) is 54.7 Å². The Bertz CT molecular complexity index is 1270. The van der Waals surface area contributed by atoms with Gasteiger partial charge in [0.1, 0.15) is 5.82 Å². The summed E-state index contributed by atoms with van der Waals surface area (Å²) >= 11 is 6.48. The van der Waals surface area contributed by atoms with E-state index in [4.69, 9.17) is 22.6 Å². The van der Waals surface area contributed by atoms with Gasteiger partial charge in [-0.25, -0.2) is 4.98 Å². The second kappa shape index (κ2) is 10.9. The summed E-state index contributed by atoms with van der Waals surface area (Å²) in [6.45, 7) is 3.64. The molecule has 9 heteroatoms. The zero-order valence-corrected chi connectivity index (χ0v) is 20.1. The van der Waals surface area contributed by atoms with E-state index in [0.717, 1.165) is 48.4 Å². The van der Waals surface area contributed by atoms with Crippen molar-refractivity contribution in [3.8, 4) is 6.07 Å². The Labute approximate surface area is 209 Å². The molecule has 0 atom stereocenters. The summed E-state index contributed by atoms with van der Waals surface area (Å²) in [5.41, 5.74) is 9.50. The van der Waals surface area contributed by atoms with Crippen molar-refractivity contribution in [2.24, 2.45) is 5.73 Å². The normalized spacial score (nSPS) is 14.0. The van der Waals surface area contributed by atoms with Crippen LogP contribution in [0.5, 0.6) is 0 Å². The molecule has 8 nitrogen and oxygen atoms in total. The van der Waals surface area contributed by atoms with Crippen molar-refractivity contribution in [1.29, 1.82) is 5.26 Å². The number of hydrogen-bond acceptors (Lipinski definition) is 7. The van der Waals surface area contributed by atoms with Crippen molar-refractivity contribution >= 4 is 46.7 Å². The lowest BCUT2D eigenvalue weighted by Crippen LogP contribution is -2.39. The molecular weight excluding hydrogens is 462 g/mol. The molecule has 2 aromatic carbocycles. The number of hydrogen-bond donors (Lipinski definition) is 3. The van der Waals surface area contributed by atoms with Gasteiger partial charge in [-0.15, -0.1) is 0 Å². The molecular formula is C26H26ClN7O. The number of carbonyl (C=O) groups is 1. The van der Waals surface area contributed by atoms with E-state index in [1.54, 1.807) is 30.5 Å². The minimum Gasteiger partial charge on any atom is -0.371 e. The second-order valence-corrected chi connectivity index (χ2v) is 8.77. The highest BCUT2D eigenvalue weighted by Crippen LogP contribution is 2.31. The van der Waals surface area contributed by atoms with Crippen LogP contribution in [0.2, 0.25) is 5.02 Å². The van der Waals surface area contributed by atoms with Crippen LogP contribution in [0, 0.1) is 18.3 Å². The predicted octanol–water partition coefficient (Wildman–Crippen LogP) is 4.90. The lowest BCUT2D eigenvalue weighted by atomic mass is 10.0. The van der Waals surface area contributed by atoms with Gasteiger partial charge in [0, 0.05) is 42.7 Å². The Morgan fingerprint density at radius 3 is 2.77 bits per heavy atom. The molecule has 0 radical (unpaired) electrons. The molecule has 1 fully saturated rings. The molecule has 4 N–H and O–H groups in total. The molecule has 1 aliphatic rings. The Hall–Kier alpha value is -4.09. The van der Waals surface area contributed by atoms with Crippen molar-refractivity contribution in [3.63, 3.8) is 0 Å². The van der Waals surface area contributed by atoms with Crippen LogP contribution >= 0.6 is 11.6 Å². The Morgan fingerprint density at radius 1 is 1.26 bits per heavy atom. The van der Waals surface area contributed by atoms with Crippen LogP contribution in [0.4, 0.5) is 23.1 Å². The van der Waals surface area contributed by atoms with Gasteiger partial charge in [-0.3, -0.25) is 4.79 Å². The average molecular weight is 488 g/mol. The molecule has 1 aliphatic heterocycles. The van der Waals surface area contributed by atoms with Gasteiger partial charge in [0.25, 0.3) is 0 Å². The molecule has 0 bridgehead atoms. The van der Waals surface area contributed by atoms with Crippen LogP contribution in [0.1, 0.15) is 34.3 Å². The molecule has 1 amide bonds. The summed E-state index contributed by atoms with van der Waals surface area (Å²) < 4.78 is 0.